The van der Waals surface area contributed by atoms with Crippen LogP contribution in [0.5, 0.6) is 0 Å². The zero-order valence-corrected chi connectivity index (χ0v) is 11.1. The second-order valence-corrected chi connectivity index (χ2v) is 3.33. The van der Waals surface area contributed by atoms with Crippen LogP contribution in [0.3, 0.4) is 0 Å². The number of hydrogen-bond donors (Lipinski definition) is 2. The molecule has 0 saturated carbocycles. The molecule has 18 heavy (non-hydrogen) atoms. The van der Waals surface area contributed by atoms with Crippen molar-refractivity contribution >= 4 is 28.4 Å². The number of ether oxygens (including phenoxy) is 1. The van der Waals surface area contributed by atoms with Crippen LogP contribution in [-0.2, 0) is 9.53 Å². The van der Waals surface area contributed by atoms with Gasteiger partial charge in [0.1, 0.15) is 0 Å². The number of carboxylic acids is 1. The molecule has 0 aromatic heterocycles. The van der Waals surface area contributed by atoms with Gasteiger partial charge >= 0.3 is 5.97 Å². The highest BCUT2D eigenvalue weighted by atomic mass is 35.5. The minimum absolute atomic E-state index is 0.496. The van der Waals surface area contributed by atoms with Crippen molar-refractivity contribution < 1.29 is 14.6 Å². The van der Waals surface area contributed by atoms with Gasteiger partial charge in [-0.25, -0.2) is 4.79 Å². The average molecular weight is 273 g/mol. The molecular formula is C12H17ClN2O3. The smallest absolute Gasteiger partial charge is 0.368 e. The number of anilines is 1. The van der Waals surface area contributed by atoms with Gasteiger partial charge in [0.2, 0.25) is 5.17 Å². The third-order valence-electron chi connectivity index (χ3n) is 1.64. The molecular weight excluding hydrogens is 256 g/mol. The predicted octanol–water partition coefficient (Wildman–Crippen LogP) is 2.78. The van der Waals surface area contributed by atoms with E-state index in [-0.39, 0.29) is 0 Å². The van der Waals surface area contributed by atoms with Gasteiger partial charge < -0.3 is 9.84 Å². The van der Waals surface area contributed by atoms with E-state index in [2.05, 4.69) is 10.5 Å². The summed E-state index contributed by atoms with van der Waals surface area (Å²) in [6.07, 6.45) is 0. The van der Waals surface area contributed by atoms with Gasteiger partial charge in [-0.2, -0.15) is 5.10 Å². The molecule has 0 spiro atoms. The van der Waals surface area contributed by atoms with E-state index in [4.69, 9.17) is 21.4 Å². The number of hydrogen-bond acceptors (Lipinski definition) is 4. The van der Waals surface area contributed by atoms with Crippen LogP contribution in [0.4, 0.5) is 5.69 Å². The predicted molar refractivity (Wildman–Crippen MR) is 73.2 cm³/mol. The minimum Gasteiger partial charge on any atom is -0.476 e. The summed E-state index contributed by atoms with van der Waals surface area (Å²) in [5.74, 6) is -1.26. The number of halogens is 1. The van der Waals surface area contributed by atoms with Crippen LogP contribution in [-0.4, -0.2) is 29.5 Å². The third-order valence-corrected chi connectivity index (χ3v) is 1.89. The average Bonchev–Trinajstić information content (AvgIpc) is 2.38. The van der Waals surface area contributed by atoms with E-state index in [1.54, 1.807) is 24.3 Å². The van der Waals surface area contributed by atoms with Crippen molar-refractivity contribution in [2.24, 2.45) is 5.10 Å². The van der Waals surface area contributed by atoms with Gasteiger partial charge in [-0.3, -0.25) is 5.43 Å². The molecule has 0 radical (unpaired) electrons. The van der Waals surface area contributed by atoms with Crippen LogP contribution >= 0.6 is 11.6 Å². The van der Waals surface area contributed by atoms with Crippen molar-refractivity contribution in [2.45, 2.75) is 13.8 Å². The Kier molecular flexibility index (Phi) is 9.62. The lowest BCUT2D eigenvalue weighted by Gasteiger charge is -1.97. The number of nitrogens with one attached hydrogen (secondary N) is 1. The lowest BCUT2D eigenvalue weighted by molar-refractivity contribution is -0.129. The second kappa shape index (κ2) is 10.6. The summed E-state index contributed by atoms with van der Waals surface area (Å²) >= 11 is 5.25. The highest BCUT2D eigenvalue weighted by Crippen LogP contribution is 2.04. The monoisotopic (exact) mass is 272 g/mol. The molecule has 2 N–H and O–H groups in total. The molecule has 1 aromatic carbocycles. The molecule has 6 heteroatoms. The Labute approximate surface area is 111 Å². The van der Waals surface area contributed by atoms with Crippen LogP contribution in [0.2, 0.25) is 0 Å². The summed E-state index contributed by atoms with van der Waals surface area (Å²) in [5, 5.41) is 11.3. The first kappa shape index (κ1) is 16.4. The molecule has 1 rings (SSSR count). The molecule has 0 amide bonds. The summed E-state index contributed by atoms with van der Waals surface area (Å²) in [4.78, 5) is 10.2. The van der Waals surface area contributed by atoms with E-state index in [1.807, 2.05) is 19.9 Å². The van der Waals surface area contributed by atoms with Gasteiger partial charge in [-0.1, -0.05) is 29.8 Å². The molecule has 1 aromatic rings. The summed E-state index contributed by atoms with van der Waals surface area (Å²) < 4.78 is 4.83. The first-order valence-corrected chi connectivity index (χ1v) is 5.84. The summed E-state index contributed by atoms with van der Waals surface area (Å²) in [6, 6.07) is 8.93. The maximum absolute atomic E-state index is 10.2. The fourth-order valence-corrected chi connectivity index (χ4v) is 0.921. The topological polar surface area (TPSA) is 70.9 Å². The van der Waals surface area contributed by atoms with Crippen LogP contribution in [0.1, 0.15) is 13.8 Å². The Balaban J connectivity index is 0.000000494. The number of hydrazone groups is 1. The molecule has 0 heterocycles. The standard InChI is InChI=1S/C8H7ClN2O2.C4H10O/c9-7(8(12)13)11-10-6-4-2-1-3-5-6;1-3-5-4-2/h1-5,10H,(H,12,13);3-4H2,1-2H3. The lowest BCUT2D eigenvalue weighted by Crippen LogP contribution is -2.07. The Morgan fingerprint density at radius 3 is 2.28 bits per heavy atom. The van der Waals surface area contributed by atoms with Crippen molar-refractivity contribution in [1.29, 1.82) is 0 Å². The SMILES string of the molecule is CCOCC.O=C(O)C(Cl)=NNc1ccccc1. The van der Waals surface area contributed by atoms with E-state index in [0.29, 0.717) is 5.69 Å². The molecule has 0 aliphatic carbocycles. The molecule has 5 nitrogen and oxygen atoms in total. The molecule has 0 aliphatic heterocycles. The highest BCUT2D eigenvalue weighted by Gasteiger charge is 2.03. The number of para-hydroxylation sites is 1. The van der Waals surface area contributed by atoms with Gasteiger partial charge in [0.05, 0.1) is 5.69 Å². The number of carbonyl (C=O) groups is 1. The Bertz CT molecular complexity index is 367. The minimum atomic E-state index is -1.26. The van der Waals surface area contributed by atoms with Gasteiger partial charge in [0.25, 0.3) is 0 Å². The summed E-state index contributed by atoms with van der Waals surface area (Å²) in [6.45, 7) is 5.67. The molecule has 0 fully saturated rings. The van der Waals surface area contributed by atoms with Crippen LogP contribution in [0.25, 0.3) is 0 Å². The number of nitrogens with zero attached hydrogens (tertiary/aromatic N) is 1. The van der Waals surface area contributed by atoms with E-state index >= 15 is 0 Å². The van der Waals surface area contributed by atoms with Crippen LogP contribution in [0, 0.1) is 0 Å². The largest absolute Gasteiger partial charge is 0.476 e. The molecule has 0 saturated heterocycles. The lowest BCUT2D eigenvalue weighted by atomic mass is 10.3. The molecule has 0 aliphatic rings. The van der Waals surface area contributed by atoms with Crippen molar-refractivity contribution in [3.8, 4) is 0 Å². The van der Waals surface area contributed by atoms with Crippen molar-refractivity contribution in [3.05, 3.63) is 30.3 Å². The van der Waals surface area contributed by atoms with Gasteiger partial charge in [-0.05, 0) is 26.0 Å². The van der Waals surface area contributed by atoms with E-state index in [9.17, 15) is 4.79 Å². The van der Waals surface area contributed by atoms with E-state index in [1.165, 1.54) is 0 Å². The molecule has 0 unspecified atom stereocenters. The quantitative estimate of drug-likeness (QED) is 0.639. The van der Waals surface area contributed by atoms with Gasteiger partial charge in [0.15, 0.2) is 0 Å². The zero-order valence-electron chi connectivity index (χ0n) is 10.4. The molecule has 100 valence electrons. The fraction of sp³-hybridized carbons (Fsp3) is 0.333. The number of carboxylic acid groups (broad SMARTS) is 1. The van der Waals surface area contributed by atoms with Gasteiger partial charge in [0, 0.05) is 13.2 Å². The summed E-state index contributed by atoms with van der Waals surface area (Å²) in [5.41, 5.74) is 3.18. The molecule has 0 bridgehead atoms. The summed E-state index contributed by atoms with van der Waals surface area (Å²) in [7, 11) is 0. The first-order valence-electron chi connectivity index (χ1n) is 5.47. The first-order chi connectivity index (χ1) is 8.61. The van der Waals surface area contributed by atoms with Crippen molar-refractivity contribution in [3.63, 3.8) is 0 Å². The Morgan fingerprint density at radius 1 is 1.33 bits per heavy atom. The van der Waals surface area contributed by atoms with Gasteiger partial charge in [-0.15, -0.1) is 0 Å². The molecule has 0 atom stereocenters. The maximum Gasteiger partial charge on any atom is 0.368 e. The number of benzene rings is 1. The van der Waals surface area contributed by atoms with Crippen LogP contribution in [0.15, 0.2) is 35.4 Å². The number of rotatable bonds is 5. The fourth-order valence-electron chi connectivity index (χ4n) is 0.878. The zero-order chi connectivity index (χ0) is 13.8. The van der Waals surface area contributed by atoms with E-state index < -0.39 is 11.1 Å². The maximum atomic E-state index is 10.2. The highest BCUT2D eigenvalue weighted by molar-refractivity contribution is 6.81. The van der Waals surface area contributed by atoms with Crippen LogP contribution < -0.4 is 5.43 Å². The van der Waals surface area contributed by atoms with Crippen molar-refractivity contribution in [2.75, 3.05) is 18.6 Å². The second-order valence-electron chi connectivity index (χ2n) is 2.97. The van der Waals surface area contributed by atoms with Crippen molar-refractivity contribution in [1.82, 2.24) is 0 Å². The number of aliphatic carboxylic acids is 1. The Morgan fingerprint density at radius 2 is 1.89 bits per heavy atom. The normalized spacial score (nSPS) is 10.3. The Hall–Kier alpha value is -1.59. The van der Waals surface area contributed by atoms with E-state index in [0.717, 1.165) is 13.2 Å². The third kappa shape index (κ3) is 8.55.